The number of likely N-dealkylation sites (tertiary alicyclic amines) is 1. The van der Waals surface area contributed by atoms with Crippen LogP contribution in [0.25, 0.3) is 0 Å². The Morgan fingerprint density at radius 2 is 1.67 bits per heavy atom. The number of aliphatic carboxylic acids is 1. The van der Waals surface area contributed by atoms with Gasteiger partial charge in [0.25, 0.3) is 0 Å². The van der Waals surface area contributed by atoms with E-state index in [4.69, 9.17) is 10.2 Å². The van der Waals surface area contributed by atoms with Crippen molar-refractivity contribution in [3.8, 4) is 0 Å². The summed E-state index contributed by atoms with van der Waals surface area (Å²) in [4.78, 5) is 22.8. The molecular formula is C10H15NO4. The second-order valence-electron chi connectivity index (χ2n) is 4.75. The highest BCUT2D eigenvalue weighted by Gasteiger charge is 2.47. The second-order valence-corrected chi connectivity index (χ2v) is 4.75. The molecule has 0 atom stereocenters. The highest BCUT2D eigenvalue weighted by atomic mass is 16.4. The molecule has 2 fully saturated rings. The minimum atomic E-state index is -0.860. The third-order valence-corrected chi connectivity index (χ3v) is 3.72. The number of hydrogen-bond acceptors (Lipinski definition) is 2. The van der Waals surface area contributed by atoms with Gasteiger partial charge in [0.1, 0.15) is 0 Å². The first-order valence-electron chi connectivity index (χ1n) is 5.23. The summed E-state index contributed by atoms with van der Waals surface area (Å²) in [5.41, 5.74) is 0.102. The van der Waals surface area contributed by atoms with E-state index in [0.29, 0.717) is 25.9 Å². The van der Waals surface area contributed by atoms with Gasteiger partial charge in [-0.25, -0.2) is 4.79 Å². The zero-order chi connectivity index (χ0) is 11.1. The Labute approximate surface area is 87.7 Å². The van der Waals surface area contributed by atoms with Crippen LogP contribution in [0, 0.1) is 11.3 Å². The van der Waals surface area contributed by atoms with Crippen LogP contribution in [0.2, 0.25) is 0 Å². The molecule has 5 nitrogen and oxygen atoms in total. The minimum absolute atomic E-state index is 0.102. The van der Waals surface area contributed by atoms with Crippen LogP contribution in [0.4, 0.5) is 4.79 Å². The summed E-state index contributed by atoms with van der Waals surface area (Å²) < 4.78 is 0. The first kappa shape index (κ1) is 10.3. The normalized spacial score (nSPS) is 24.9. The van der Waals surface area contributed by atoms with Crippen molar-refractivity contribution in [3.63, 3.8) is 0 Å². The number of carboxylic acids is 1. The van der Waals surface area contributed by atoms with Gasteiger partial charge >= 0.3 is 12.1 Å². The van der Waals surface area contributed by atoms with Gasteiger partial charge < -0.3 is 15.1 Å². The maximum atomic E-state index is 10.7. The van der Waals surface area contributed by atoms with Gasteiger partial charge in [0.15, 0.2) is 0 Å². The molecule has 0 aromatic heterocycles. The Balaban J connectivity index is 1.85. The quantitative estimate of drug-likeness (QED) is 0.687. The van der Waals surface area contributed by atoms with Crippen LogP contribution in [0.3, 0.4) is 0 Å². The summed E-state index contributed by atoms with van der Waals surface area (Å²) in [5, 5.41) is 17.6. The molecule has 1 aliphatic heterocycles. The Morgan fingerprint density at radius 3 is 2.07 bits per heavy atom. The molecule has 2 N–H and O–H groups in total. The van der Waals surface area contributed by atoms with Crippen molar-refractivity contribution in [2.45, 2.75) is 25.7 Å². The van der Waals surface area contributed by atoms with E-state index in [9.17, 15) is 9.59 Å². The van der Waals surface area contributed by atoms with Crippen molar-refractivity contribution in [1.82, 2.24) is 4.90 Å². The third-order valence-electron chi connectivity index (χ3n) is 3.72. The zero-order valence-electron chi connectivity index (χ0n) is 8.48. The molecule has 84 valence electrons. The predicted octanol–water partition coefficient (Wildman–Crippen LogP) is 1.24. The average molecular weight is 213 g/mol. The lowest BCUT2D eigenvalue weighted by Crippen LogP contribution is -2.59. The summed E-state index contributed by atoms with van der Waals surface area (Å²) in [7, 11) is 0. The van der Waals surface area contributed by atoms with Crippen molar-refractivity contribution >= 4 is 12.1 Å². The van der Waals surface area contributed by atoms with E-state index in [1.165, 1.54) is 4.90 Å². The Hall–Kier alpha value is -1.26. The van der Waals surface area contributed by atoms with Crippen LogP contribution in [0.15, 0.2) is 0 Å². The van der Waals surface area contributed by atoms with Crippen LogP contribution < -0.4 is 0 Å². The van der Waals surface area contributed by atoms with Crippen LogP contribution in [0.5, 0.6) is 0 Å². The van der Waals surface area contributed by atoms with Crippen molar-refractivity contribution in [2.24, 2.45) is 11.3 Å². The summed E-state index contributed by atoms with van der Waals surface area (Å²) in [6, 6.07) is 0. The van der Waals surface area contributed by atoms with E-state index in [0.717, 1.165) is 12.8 Å². The van der Waals surface area contributed by atoms with Gasteiger partial charge in [-0.3, -0.25) is 4.79 Å². The molecule has 15 heavy (non-hydrogen) atoms. The highest BCUT2D eigenvalue weighted by molar-refractivity contribution is 5.70. The lowest BCUT2D eigenvalue weighted by atomic mass is 9.66. The van der Waals surface area contributed by atoms with Crippen molar-refractivity contribution in [2.75, 3.05) is 13.1 Å². The van der Waals surface area contributed by atoms with Gasteiger partial charge in [-0.15, -0.1) is 0 Å². The van der Waals surface area contributed by atoms with E-state index >= 15 is 0 Å². The summed E-state index contributed by atoms with van der Waals surface area (Å²) in [6.45, 7) is 1.18. The first-order valence-corrected chi connectivity index (χ1v) is 5.23. The fourth-order valence-electron chi connectivity index (χ4n) is 2.69. The van der Waals surface area contributed by atoms with Crippen LogP contribution in [-0.2, 0) is 4.79 Å². The average Bonchev–Trinajstić information content (AvgIpc) is 2.13. The van der Waals surface area contributed by atoms with Crippen molar-refractivity contribution < 1.29 is 19.8 Å². The molecule has 0 aromatic rings. The van der Waals surface area contributed by atoms with Crippen LogP contribution >= 0.6 is 0 Å². The van der Waals surface area contributed by atoms with E-state index in [1.807, 2.05) is 0 Å². The fourth-order valence-corrected chi connectivity index (χ4v) is 2.69. The van der Waals surface area contributed by atoms with Crippen molar-refractivity contribution in [3.05, 3.63) is 0 Å². The largest absolute Gasteiger partial charge is 0.481 e. The Kier molecular flexibility index (Phi) is 2.32. The van der Waals surface area contributed by atoms with Gasteiger partial charge in [0.05, 0.1) is 5.92 Å². The third kappa shape index (κ3) is 1.78. The number of nitrogens with zero attached hydrogens (tertiary/aromatic N) is 1. The van der Waals surface area contributed by atoms with E-state index < -0.39 is 12.1 Å². The molecule has 1 spiro atoms. The SMILES string of the molecule is O=C(O)C1CCC2(CC1)CN(C(=O)O)C2. The van der Waals surface area contributed by atoms with E-state index in [1.54, 1.807) is 0 Å². The summed E-state index contributed by atoms with van der Waals surface area (Å²) in [5.74, 6) is -0.922. The zero-order valence-corrected chi connectivity index (χ0v) is 8.48. The van der Waals surface area contributed by atoms with Crippen LogP contribution in [0.1, 0.15) is 25.7 Å². The lowest BCUT2D eigenvalue weighted by molar-refractivity contribution is -0.145. The fraction of sp³-hybridized carbons (Fsp3) is 0.800. The van der Waals surface area contributed by atoms with E-state index in [-0.39, 0.29) is 11.3 Å². The smallest absolute Gasteiger partial charge is 0.407 e. The first-order chi connectivity index (χ1) is 7.02. The van der Waals surface area contributed by atoms with Crippen molar-refractivity contribution in [1.29, 1.82) is 0 Å². The number of hydrogen-bond donors (Lipinski definition) is 2. The van der Waals surface area contributed by atoms with Gasteiger partial charge in [0, 0.05) is 18.5 Å². The van der Waals surface area contributed by atoms with Gasteiger partial charge in [-0.2, -0.15) is 0 Å². The van der Waals surface area contributed by atoms with Gasteiger partial charge in [0.2, 0.25) is 0 Å². The Bertz CT molecular complexity index is 286. The molecule has 2 aliphatic rings. The molecule has 1 aliphatic carbocycles. The topological polar surface area (TPSA) is 77.8 Å². The van der Waals surface area contributed by atoms with Gasteiger partial charge in [-0.05, 0) is 25.7 Å². The maximum Gasteiger partial charge on any atom is 0.407 e. The molecule has 2 rings (SSSR count). The molecule has 0 unspecified atom stereocenters. The predicted molar refractivity (Wildman–Crippen MR) is 51.6 cm³/mol. The monoisotopic (exact) mass is 213 g/mol. The standard InChI is InChI=1S/C10H15NO4/c12-8(13)7-1-3-10(4-2-7)5-11(6-10)9(14)15/h7H,1-6H2,(H,12,13)(H,14,15). The Morgan fingerprint density at radius 1 is 1.13 bits per heavy atom. The number of amides is 1. The number of carboxylic acid groups (broad SMARTS) is 2. The molecule has 1 amide bonds. The summed E-state index contributed by atoms with van der Waals surface area (Å²) in [6.07, 6.45) is 2.24. The molecular weight excluding hydrogens is 198 g/mol. The maximum absolute atomic E-state index is 10.7. The lowest BCUT2D eigenvalue weighted by Gasteiger charge is -2.51. The molecule has 0 radical (unpaired) electrons. The molecule has 0 aromatic carbocycles. The number of rotatable bonds is 1. The molecule has 5 heteroatoms. The molecule has 1 saturated carbocycles. The molecule has 1 heterocycles. The molecule has 0 bridgehead atoms. The minimum Gasteiger partial charge on any atom is -0.481 e. The molecule has 1 saturated heterocycles. The van der Waals surface area contributed by atoms with Gasteiger partial charge in [-0.1, -0.05) is 0 Å². The summed E-state index contributed by atoms with van der Waals surface area (Å²) >= 11 is 0. The second kappa shape index (κ2) is 3.40. The van der Waals surface area contributed by atoms with E-state index in [2.05, 4.69) is 0 Å². The van der Waals surface area contributed by atoms with Crippen LogP contribution in [-0.4, -0.2) is 40.3 Å². The highest BCUT2D eigenvalue weighted by Crippen LogP contribution is 2.45. The number of carbonyl (C=O) groups is 2.